The van der Waals surface area contributed by atoms with Gasteiger partial charge in [-0.3, -0.25) is 14.4 Å². The maximum Gasteiger partial charge on any atom is 0.306 e. The molecule has 0 aliphatic carbocycles. The molecule has 6 nitrogen and oxygen atoms in total. The summed E-state index contributed by atoms with van der Waals surface area (Å²) in [5.74, 6) is -1.03. The minimum atomic E-state index is -0.813. The summed E-state index contributed by atoms with van der Waals surface area (Å²) in [6.07, 6.45) is 47.7. The topological polar surface area (TPSA) is 78.9 Å². The Labute approximate surface area is 312 Å². The Hall–Kier alpha value is -3.15. The van der Waals surface area contributed by atoms with Crippen molar-refractivity contribution in [1.29, 1.82) is 0 Å². The molecule has 0 radical (unpaired) electrons. The molecule has 1 atom stereocenters. The molecule has 6 heteroatoms. The molecule has 0 aromatic heterocycles. The maximum atomic E-state index is 12.6. The summed E-state index contributed by atoms with van der Waals surface area (Å²) in [5, 5.41) is 0. The van der Waals surface area contributed by atoms with Gasteiger partial charge in [0.15, 0.2) is 6.10 Å². The Morgan fingerprint density at radius 3 is 1.33 bits per heavy atom. The lowest BCUT2D eigenvalue weighted by Crippen LogP contribution is -2.30. The largest absolute Gasteiger partial charge is 0.462 e. The van der Waals surface area contributed by atoms with E-state index in [-0.39, 0.29) is 31.6 Å². The van der Waals surface area contributed by atoms with E-state index in [0.29, 0.717) is 19.3 Å². The Balaban J connectivity index is 4.45. The molecule has 0 bridgehead atoms. The third kappa shape index (κ3) is 37.9. The van der Waals surface area contributed by atoms with Crippen LogP contribution in [0, 0.1) is 0 Å². The van der Waals surface area contributed by atoms with Crippen molar-refractivity contribution in [2.75, 3.05) is 13.2 Å². The summed E-state index contributed by atoms with van der Waals surface area (Å²) < 4.78 is 16.5. The molecule has 0 heterocycles. The number of carbonyl (C=O) groups excluding carboxylic acids is 3. The first-order chi connectivity index (χ1) is 25.0. The Bertz CT molecular complexity index is 1000. The van der Waals surface area contributed by atoms with Gasteiger partial charge >= 0.3 is 17.9 Å². The smallest absolute Gasteiger partial charge is 0.306 e. The van der Waals surface area contributed by atoms with E-state index in [4.69, 9.17) is 14.2 Å². The lowest BCUT2D eigenvalue weighted by Gasteiger charge is -2.18. The van der Waals surface area contributed by atoms with Crippen LogP contribution in [0.15, 0.2) is 72.9 Å². The van der Waals surface area contributed by atoms with Crippen LogP contribution in [0.1, 0.15) is 175 Å². The average molecular weight is 711 g/mol. The summed E-state index contributed by atoms with van der Waals surface area (Å²) in [6.45, 7) is 6.31. The van der Waals surface area contributed by atoms with Gasteiger partial charge in [-0.25, -0.2) is 0 Å². The summed E-state index contributed by atoms with van der Waals surface area (Å²) in [6, 6.07) is 0. The number of allylic oxidation sites excluding steroid dienone is 12. The van der Waals surface area contributed by atoms with E-state index in [1.165, 1.54) is 38.5 Å². The van der Waals surface area contributed by atoms with Crippen molar-refractivity contribution in [3.05, 3.63) is 72.9 Å². The molecule has 0 aliphatic rings. The molecule has 0 rings (SSSR count). The predicted octanol–water partition coefficient (Wildman–Crippen LogP) is 12.7. The highest BCUT2D eigenvalue weighted by atomic mass is 16.6. The van der Waals surface area contributed by atoms with Crippen LogP contribution in [-0.2, 0) is 28.6 Å². The summed E-state index contributed by atoms with van der Waals surface area (Å²) in [7, 11) is 0. The zero-order valence-electron chi connectivity index (χ0n) is 32.8. The molecule has 0 amide bonds. The molecule has 0 aliphatic heterocycles. The van der Waals surface area contributed by atoms with Gasteiger partial charge in [-0.15, -0.1) is 0 Å². The minimum Gasteiger partial charge on any atom is -0.462 e. The van der Waals surface area contributed by atoms with Gasteiger partial charge in [0.1, 0.15) is 13.2 Å². The second-order valence-electron chi connectivity index (χ2n) is 13.2. The van der Waals surface area contributed by atoms with Crippen LogP contribution in [0.25, 0.3) is 0 Å². The quantitative estimate of drug-likeness (QED) is 0.0282. The Kier molecular flexibility index (Phi) is 37.2. The number of hydrogen-bond donors (Lipinski definition) is 0. The summed E-state index contributed by atoms with van der Waals surface area (Å²) in [4.78, 5) is 37.4. The van der Waals surface area contributed by atoms with Gasteiger partial charge in [0.2, 0.25) is 0 Å². The predicted molar refractivity (Wildman–Crippen MR) is 214 cm³/mol. The number of hydrogen-bond acceptors (Lipinski definition) is 6. The zero-order valence-corrected chi connectivity index (χ0v) is 32.8. The fraction of sp³-hybridized carbons (Fsp3) is 0.667. The van der Waals surface area contributed by atoms with E-state index in [0.717, 1.165) is 89.9 Å². The van der Waals surface area contributed by atoms with Crippen molar-refractivity contribution in [3.8, 4) is 0 Å². The first-order valence-electron chi connectivity index (χ1n) is 20.4. The first kappa shape index (κ1) is 47.8. The fourth-order valence-electron chi connectivity index (χ4n) is 5.12. The molecular formula is C45H74O6. The second kappa shape index (κ2) is 39.6. The van der Waals surface area contributed by atoms with Crippen LogP contribution in [-0.4, -0.2) is 37.2 Å². The van der Waals surface area contributed by atoms with E-state index in [1.807, 2.05) is 12.2 Å². The van der Waals surface area contributed by atoms with Crippen molar-refractivity contribution in [1.82, 2.24) is 0 Å². The summed E-state index contributed by atoms with van der Waals surface area (Å²) >= 11 is 0. The minimum absolute atomic E-state index is 0.110. The van der Waals surface area contributed by atoms with Crippen LogP contribution in [0.2, 0.25) is 0 Å². The normalized spacial score (nSPS) is 12.8. The number of ether oxygens (including phenoxy) is 3. The highest BCUT2D eigenvalue weighted by Gasteiger charge is 2.19. The molecule has 1 unspecified atom stereocenters. The molecule has 0 fully saturated rings. The molecule has 0 saturated carbocycles. The van der Waals surface area contributed by atoms with Gasteiger partial charge in [-0.1, -0.05) is 158 Å². The molecule has 0 saturated heterocycles. The third-order valence-corrected chi connectivity index (χ3v) is 8.21. The Morgan fingerprint density at radius 1 is 0.412 bits per heavy atom. The standard InChI is InChI=1S/C45H74O6/c1-4-7-10-13-16-18-20-22-24-25-27-29-32-35-38-44(47)50-41-42(40-49-43(46)37-34-31-15-12-9-6-3)51-45(48)39-36-33-30-28-26-23-21-19-17-14-11-8-5-2/h8,11,13,16-17,19-20,22-23,26,30,33,42H,4-7,9-10,12,14-15,18,21,24-25,27-29,31-32,34-41H2,1-3H3/b11-8-,16-13-,19-17-,22-20-,26-23-,33-30-. The molecular weight excluding hydrogens is 636 g/mol. The van der Waals surface area contributed by atoms with Crippen molar-refractivity contribution in [2.45, 2.75) is 181 Å². The lowest BCUT2D eigenvalue weighted by molar-refractivity contribution is -0.166. The van der Waals surface area contributed by atoms with Gasteiger partial charge in [0.25, 0.3) is 0 Å². The SMILES string of the molecule is CC/C=C\C/C=C\C/C=C\C/C=C\CCC(=O)OC(COC(=O)CCCCCCCC)COC(=O)CCCCCCC/C=C\C/C=C\CCCC. The van der Waals surface area contributed by atoms with Crippen molar-refractivity contribution in [3.63, 3.8) is 0 Å². The van der Waals surface area contributed by atoms with Gasteiger partial charge in [-0.2, -0.15) is 0 Å². The van der Waals surface area contributed by atoms with Crippen molar-refractivity contribution >= 4 is 17.9 Å². The molecule has 0 aromatic rings. The number of esters is 3. The zero-order chi connectivity index (χ0) is 37.3. The van der Waals surface area contributed by atoms with Crippen LogP contribution in [0.3, 0.4) is 0 Å². The van der Waals surface area contributed by atoms with Crippen LogP contribution < -0.4 is 0 Å². The van der Waals surface area contributed by atoms with E-state index >= 15 is 0 Å². The van der Waals surface area contributed by atoms with Crippen LogP contribution >= 0.6 is 0 Å². The highest BCUT2D eigenvalue weighted by molar-refractivity contribution is 5.71. The van der Waals surface area contributed by atoms with Crippen LogP contribution in [0.4, 0.5) is 0 Å². The van der Waals surface area contributed by atoms with Gasteiger partial charge in [0, 0.05) is 19.3 Å². The van der Waals surface area contributed by atoms with Crippen molar-refractivity contribution < 1.29 is 28.6 Å². The van der Waals surface area contributed by atoms with E-state index < -0.39 is 12.1 Å². The van der Waals surface area contributed by atoms with Crippen molar-refractivity contribution in [2.24, 2.45) is 0 Å². The highest BCUT2D eigenvalue weighted by Crippen LogP contribution is 2.11. The van der Waals surface area contributed by atoms with Gasteiger partial charge in [0.05, 0.1) is 0 Å². The maximum absolute atomic E-state index is 12.6. The Morgan fingerprint density at radius 2 is 0.824 bits per heavy atom. The molecule has 290 valence electrons. The number of unbranched alkanes of at least 4 members (excludes halogenated alkanes) is 12. The van der Waals surface area contributed by atoms with Gasteiger partial charge in [-0.05, 0) is 70.6 Å². The molecule has 0 N–H and O–H groups in total. The number of carbonyl (C=O) groups is 3. The fourth-order valence-corrected chi connectivity index (χ4v) is 5.12. The van der Waals surface area contributed by atoms with E-state index in [2.05, 4.69) is 81.5 Å². The monoisotopic (exact) mass is 711 g/mol. The summed E-state index contributed by atoms with van der Waals surface area (Å²) in [5.41, 5.74) is 0. The van der Waals surface area contributed by atoms with Crippen LogP contribution in [0.5, 0.6) is 0 Å². The average Bonchev–Trinajstić information content (AvgIpc) is 3.13. The molecule has 51 heavy (non-hydrogen) atoms. The third-order valence-electron chi connectivity index (χ3n) is 8.21. The van der Waals surface area contributed by atoms with E-state index in [1.54, 1.807) is 0 Å². The molecule has 0 aromatic carbocycles. The van der Waals surface area contributed by atoms with E-state index in [9.17, 15) is 14.4 Å². The molecule has 0 spiro atoms. The second-order valence-corrected chi connectivity index (χ2v) is 13.2. The lowest BCUT2D eigenvalue weighted by atomic mass is 10.1. The first-order valence-corrected chi connectivity index (χ1v) is 20.4. The van der Waals surface area contributed by atoms with Gasteiger partial charge < -0.3 is 14.2 Å². The number of rotatable bonds is 35.